The molecule has 0 aliphatic heterocycles. The lowest BCUT2D eigenvalue weighted by atomic mass is 10.2. The van der Waals surface area contributed by atoms with Crippen molar-refractivity contribution in [3.8, 4) is 5.75 Å². The molecule has 0 fully saturated rings. The Morgan fingerprint density at radius 2 is 1.78 bits per heavy atom. The molecule has 0 aliphatic carbocycles. The second kappa shape index (κ2) is 8.73. The normalized spacial score (nSPS) is 10.9. The number of nitrogens with zero attached hydrogens (tertiary/aromatic N) is 1. The number of carbonyl (C=O) groups is 1. The molecule has 0 saturated carbocycles. The molecule has 0 radical (unpaired) electrons. The Kier molecular flexibility index (Phi) is 6.36. The fraction of sp³-hybridized carbons (Fsp3) is 0.263. The number of aliphatic imine (C=N–C) groups is 1. The van der Waals surface area contributed by atoms with Crippen LogP contribution in [-0.2, 0) is 16.1 Å². The van der Waals surface area contributed by atoms with Crippen molar-refractivity contribution in [3.05, 3.63) is 65.7 Å². The zero-order chi connectivity index (χ0) is 16.5. The summed E-state index contributed by atoms with van der Waals surface area (Å²) in [5.74, 6) is 0.263. The van der Waals surface area contributed by atoms with Gasteiger partial charge in [0.05, 0.1) is 12.6 Å². The average molecular weight is 311 g/mol. The van der Waals surface area contributed by atoms with E-state index in [-0.39, 0.29) is 18.7 Å². The summed E-state index contributed by atoms with van der Waals surface area (Å²) in [6, 6.07) is 17.5. The van der Waals surface area contributed by atoms with Gasteiger partial charge in [-0.15, -0.1) is 0 Å². The maximum atomic E-state index is 11.4. The SMILES string of the molecule is CC(C)OC(=O)COc1ccc(C=NCc2ccccc2)cc1. The molecule has 0 bridgehead atoms. The van der Waals surface area contributed by atoms with Crippen molar-refractivity contribution < 1.29 is 14.3 Å². The van der Waals surface area contributed by atoms with Gasteiger partial charge >= 0.3 is 5.97 Å². The van der Waals surface area contributed by atoms with E-state index in [2.05, 4.69) is 4.99 Å². The first-order valence-electron chi connectivity index (χ1n) is 7.59. The van der Waals surface area contributed by atoms with Crippen LogP contribution in [0.2, 0.25) is 0 Å². The third kappa shape index (κ3) is 6.34. The van der Waals surface area contributed by atoms with Gasteiger partial charge in [-0.25, -0.2) is 4.79 Å². The van der Waals surface area contributed by atoms with Crippen molar-refractivity contribution in [2.24, 2.45) is 4.99 Å². The lowest BCUT2D eigenvalue weighted by Crippen LogP contribution is -2.18. The Bertz CT molecular complexity index is 633. The van der Waals surface area contributed by atoms with Gasteiger partial charge in [0.2, 0.25) is 0 Å². The van der Waals surface area contributed by atoms with E-state index in [1.165, 1.54) is 5.56 Å². The number of hydrogen-bond acceptors (Lipinski definition) is 4. The molecule has 0 atom stereocenters. The van der Waals surface area contributed by atoms with E-state index in [1.54, 1.807) is 0 Å². The van der Waals surface area contributed by atoms with Crippen LogP contribution in [0.5, 0.6) is 5.75 Å². The number of rotatable bonds is 7. The van der Waals surface area contributed by atoms with Gasteiger partial charge in [-0.05, 0) is 49.2 Å². The van der Waals surface area contributed by atoms with Gasteiger partial charge in [-0.2, -0.15) is 0 Å². The molecule has 4 heteroatoms. The summed E-state index contributed by atoms with van der Waals surface area (Å²) >= 11 is 0. The van der Waals surface area contributed by atoms with Gasteiger partial charge in [0.1, 0.15) is 5.75 Å². The largest absolute Gasteiger partial charge is 0.482 e. The van der Waals surface area contributed by atoms with E-state index >= 15 is 0 Å². The fourth-order valence-electron chi connectivity index (χ4n) is 1.93. The fourth-order valence-corrected chi connectivity index (χ4v) is 1.93. The Morgan fingerprint density at radius 3 is 2.43 bits per heavy atom. The van der Waals surface area contributed by atoms with Crippen molar-refractivity contribution >= 4 is 12.2 Å². The molecule has 120 valence electrons. The number of esters is 1. The van der Waals surface area contributed by atoms with Crippen LogP contribution in [0.3, 0.4) is 0 Å². The van der Waals surface area contributed by atoms with Crippen molar-refractivity contribution in [3.63, 3.8) is 0 Å². The number of ether oxygens (including phenoxy) is 2. The summed E-state index contributed by atoms with van der Waals surface area (Å²) in [5.41, 5.74) is 2.16. The predicted molar refractivity (Wildman–Crippen MR) is 90.9 cm³/mol. The number of carbonyl (C=O) groups excluding carboxylic acids is 1. The van der Waals surface area contributed by atoms with E-state index in [0.717, 1.165) is 5.56 Å². The first-order valence-corrected chi connectivity index (χ1v) is 7.59. The molecule has 0 heterocycles. The maximum Gasteiger partial charge on any atom is 0.344 e. The summed E-state index contributed by atoms with van der Waals surface area (Å²) in [6.07, 6.45) is 1.69. The van der Waals surface area contributed by atoms with Crippen LogP contribution in [0.25, 0.3) is 0 Å². The molecule has 0 amide bonds. The molecular weight excluding hydrogens is 290 g/mol. The van der Waals surface area contributed by atoms with Gasteiger partial charge < -0.3 is 9.47 Å². The minimum Gasteiger partial charge on any atom is -0.482 e. The first-order chi connectivity index (χ1) is 11.1. The van der Waals surface area contributed by atoms with Crippen molar-refractivity contribution in [2.45, 2.75) is 26.5 Å². The van der Waals surface area contributed by atoms with Crippen LogP contribution in [0, 0.1) is 0 Å². The van der Waals surface area contributed by atoms with Crippen molar-refractivity contribution in [2.75, 3.05) is 6.61 Å². The molecular formula is C19H21NO3. The highest BCUT2D eigenvalue weighted by molar-refractivity contribution is 5.79. The summed E-state index contributed by atoms with van der Waals surface area (Å²) in [5, 5.41) is 0. The zero-order valence-corrected chi connectivity index (χ0v) is 13.4. The third-order valence-corrected chi connectivity index (χ3v) is 2.96. The molecule has 0 aliphatic rings. The second-order valence-electron chi connectivity index (χ2n) is 5.35. The van der Waals surface area contributed by atoms with E-state index in [1.807, 2.05) is 74.7 Å². The van der Waals surface area contributed by atoms with E-state index < -0.39 is 0 Å². The minimum absolute atomic E-state index is 0.0837. The van der Waals surface area contributed by atoms with Crippen LogP contribution in [0.4, 0.5) is 0 Å². The van der Waals surface area contributed by atoms with Gasteiger partial charge in [0.25, 0.3) is 0 Å². The zero-order valence-electron chi connectivity index (χ0n) is 13.4. The quantitative estimate of drug-likeness (QED) is 0.579. The Morgan fingerprint density at radius 1 is 1.09 bits per heavy atom. The first kappa shape index (κ1) is 16.7. The Balaban J connectivity index is 1.81. The molecule has 0 saturated heterocycles. The van der Waals surface area contributed by atoms with Crippen LogP contribution in [0.1, 0.15) is 25.0 Å². The Hall–Kier alpha value is -2.62. The summed E-state index contributed by atoms with van der Waals surface area (Å²) in [6.45, 7) is 4.18. The highest BCUT2D eigenvalue weighted by atomic mass is 16.6. The van der Waals surface area contributed by atoms with E-state index in [4.69, 9.17) is 9.47 Å². The van der Waals surface area contributed by atoms with Crippen LogP contribution in [0.15, 0.2) is 59.6 Å². The summed E-state index contributed by atoms with van der Waals surface area (Å²) in [4.78, 5) is 15.8. The van der Waals surface area contributed by atoms with Crippen LogP contribution in [-0.4, -0.2) is 24.9 Å². The van der Waals surface area contributed by atoms with Gasteiger partial charge in [0, 0.05) is 6.21 Å². The van der Waals surface area contributed by atoms with Gasteiger partial charge in [-0.1, -0.05) is 30.3 Å². The minimum atomic E-state index is -0.367. The third-order valence-electron chi connectivity index (χ3n) is 2.96. The topological polar surface area (TPSA) is 47.9 Å². The highest BCUT2D eigenvalue weighted by Crippen LogP contribution is 2.11. The second-order valence-corrected chi connectivity index (χ2v) is 5.35. The summed E-state index contributed by atoms with van der Waals surface area (Å²) < 4.78 is 10.4. The Labute approximate surface area is 136 Å². The van der Waals surface area contributed by atoms with E-state index in [9.17, 15) is 4.79 Å². The molecule has 2 aromatic rings. The monoisotopic (exact) mass is 311 g/mol. The smallest absolute Gasteiger partial charge is 0.344 e. The molecule has 0 N–H and O–H groups in total. The standard InChI is InChI=1S/C19H21NO3/c1-15(2)23-19(21)14-22-18-10-8-17(9-11-18)13-20-12-16-6-4-3-5-7-16/h3-11,13,15H,12,14H2,1-2H3. The van der Waals surface area contributed by atoms with Crippen molar-refractivity contribution in [1.29, 1.82) is 0 Å². The highest BCUT2D eigenvalue weighted by Gasteiger charge is 2.06. The molecule has 2 rings (SSSR count). The predicted octanol–water partition coefficient (Wildman–Crippen LogP) is 3.64. The average Bonchev–Trinajstić information content (AvgIpc) is 2.54. The maximum absolute atomic E-state index is 11.4. The van der Waals surface area contributed by atoms with Gasteiger partial charge in [0.15, 0.2) is 6.61 Å². The molecule has 2 aromatic carbocycles. The van der Waals surface area contributed by atoms with Crippen LogP contribution < -0.4 is 4.74 Å². The molecule has 0 aromatic heterocycles. The molecule has 0 spiro atoms. The van der Waals surface area contributed by atoms with Crippen LogP contribution >= 0.6 is 0 Å². The molecule has 4 nitrogen and oxygen atoms in total. The lowest BCUT2D eigenvalue weighted by molar-refractivity contribution is -0.149. The van der Waals surface area contributed by atoms with Crippen molar-refractivity contribution in [1.82, 2.24) is 0 Å². The molecule has 23 heavy (non-hydrogen) atoms. The van der Waals surface area contributed by atoms with E-state index in [0.29, 0.717) is 12.3 Å². The number of hydrogen-bond donors (Lipinski definition) is 0. The van der Waals surface area contributed by atoms with Gasteiger partial charge in [-0.3, -0.25) is 4.99 Å². The summed E-state index contributed by atoms with van der Waals surface area (Å²) in [7, 11) is 0. The molecule has 0 unspecified atom stereocenters. The lowest BCUT2D eigenvalue weighted by Gasteiger charge is -2.09. The number of benzene rings is 2.